The fourth-order valence-electron chi connectivity index (χ4n) is 5.80. The molecule has 0 radical (unpaired) electrons. The Morgan fingerprint density at radius 1 is 0.974 bits per heavy atom. The summed E-state index contributed by atoms with van der Waals surface area (Å²) in [6.45, 7) is 3.42. The van der Waals surface area contributed by atoms with E-state index < -0.39 is 34.2 Å². The lowest BCUT2D eigenvalue weighted by Crippen LogP contribution is -2.57. The molecular weight excluding hydrogens is 484 g/mol. The van der Waals surface area contributed by atoms with Gasteiger partial charge < -0.3 is 15.5 Å². The molecule has 3 atom stereocenters. The fraction of sp³-hybridized carbons (Fsp3) is 0.267. The van der Waals surface area contributed by atoms with Gasteiger partial charge in [0.25, 0.3) is 5.69 Å². The van der Waals surface area contributed by atoms with Gasteiger partial charge in [0.2, 0.25) is 0 Å². The molecule has 8 nitrogen and oxygen atoms in total. The van der Waals surface area contributed by atoms with Crippen LogP contribution in [0.1, 0.15) is 55.2 Å². The summed E-state index contributed by atoms with van der Waals surface area (Å²) in [5.41, 5.74) is 1.48. The molecule has 0 aromatic heterocycles. The molecule has 3 aromatic rings. The molecule has 0 saturated heterocycles. The van der Waals surface area contributed by atoms with Crippen LogP contribution in [0.15, 0.2) is 96.2 Å². The number of nitro benzene ring substituents is 1. The Bertz CT molecular complexity index is 1330. The quantitative estimate of drug-likeness (QED) is 0.246. The van der Waals surface area contributed by atoms with Gasteiger partial charge in [-0.1, -0.05) is 72.8 Å². The van der Waals surface area contributed by atoms with Crippen LogP contribution in [0, 0.1) is 16.0 Å². The van der Waals surface area contributed by atoms with Crippen LogP contribution in [-0.4, -0.2) is 32.6 Å². The van der Waals surface area contributed by atoms with Crippen LogP contribution < -0.4 is 5.32 Å². The van der Waals surface area contributed by atoms with Crippen LogP contribution in [0.25, 0.3) is 0 Å². The van der Waals surface area contributed by atoms with Gasteiger partial charge in [-0.25, -0.2) is 4.79 Å². The van der Waals surface area contributed by atoms with Crippen molar-refractivity contribution in [2.24, 2.45) is 5.92 Å². The lowest BCUT2D eigenvalue weighted by molar-refractivity contribution is -0.384. The Kier molecular flexibility index (Phi) is 7.62. The molecule has 1 aliphatic rings. The molecule has 3 N–H and O–H groups in total. The monoisotopic (exact) mass is 514 g/mol. The standard InChI is InChI=1S/C30H30N2O6/c1-19-25(28(33)34)26(22-14-9-15-23(18-22)32(37)38)27(29(35)36)30(2,31-19)17-16-24(20-10-5-3-6-11-20)21-12-7-4-8-13-21/h3-15,18,24,26-27,31H,16-17H2,1-2H3,(H,33,34)(H,35,36). The number of carboxylic acid groups (broad SMARTS) is 2. The predicted octanol–water partition coefficient (Wildman–Crippen LogP) is 5.71. The summed E-state index contributed by atoms with van der Waals surface area (Å²) >= 11 is 0. The van der Waals surface area contributed by atoms with Gasteiger partial charge >= 0.3 is 11.9 Å². The van der Waals surface area contributed by atoms with Gasteiger partial charge in [-0.15, -0.1) is 0 Å². The maximum absolute atomic E-state index is 12.8. The summed E-state index contributed by atoms with van der Waals surface area (Å²) in [6, 6.07) is 25.5. The third kappa shape index (κ3) is 5.29. The van der Waals surface area contributed by atoms with Crippen molar-refractivity contribution in [1.82, 2.24) is 5.32 Å². The molecule has 196 valence electrons. The van der Waals surface area contributed by atoms with Crippen LogP contribution in [0.3, 0.4) is 0 Å². The van der Waals surface area contributed by atoms with E-state index in [4.69, 9.17) is 0 Å². The van der Waals surface area contributed by atoms with Gasteiger partial charge in [0.1, 0.15) is 0 Å². The molecular formula is C30H30N2O6. The molecule has 0 aliphatic carbocycles. The van der Waals surface area contributed by atoms with E-state index in [0.717, 1.165) is 11.1 Å². The third-order valence-corrected chi connectivity index (χ3v) is 7.50. The normalized spacial score (nSPS) is 21.1. The molecule has 1 aliphatic heterocycles. The molecule has 38 heavy (non-hydrogen) atoms. The number of hydrogen-bond acceptors (Lipinski definition) is 5. The van der Waals surface area contributed by atoms with E-state index in [0.29, 0.717) is 24.1 Å². The molecule has 0 saturated carbocycles. The van der Waals surface area contributed by atoms with Crippen LogP contribution in [-0.2, 0) is 9.59 Å². The predicted molar refractivity (Wildman–Crippen MR) is 143 cm³/mol. The van der Waals surface area contributed by atoms with E-state index in [1.165, 1.54) is 18.2 Å². The number of non-ortho nitro benzene ring substituents is 1. The van der Waals surface area contributed by atoms with Crippen LogP contribution >= 0.6 is 0 Å². The van der Waals surface area contributed by atoms with Crippen molar-refractivity contribution in [3.8, 4) is 0 Å². The van der Waals surface area contributed by atoms with E-state index in [-0.39, 0.29) is 17.2 Å². The van der Waals surface area contributed by atoms with Crippen molar-refractivity contribution in [2.75, 3.05) is 0 Å². The summed E-state index contributed by atoms with van der Waals surface area (Å²) in [5, 5.41) is 35.2. The molecule has 0 bridgehead atoms. The lowest BCUT2D eigenvalue weighted by atomic mass is 9.65. The average Bonchev–Trinajstić information content (AvgIpc) is 2.89. The Balaban J connectivity index is 1.78. The van der Waals surface area contributed by atoms with Gasteiger partial charge in [0.05, 0.1) is 16.4 Å². The Hall–Kier alpha value is -4.46. The number of aliphatic carboxylic acids is 2. The molecule has 0 amide bonds. The molecule has 0 spiro atoms. The molecule has 8 heteroatoms. The first kappa shape index (κ1) is 26.6. The first-order valence-electron chi connectivity index (χ1n) is 12.4. The first-order chi connectivity index (χ1) is 18.1. The minimum absolute atomic E-state index is 0.00751. The van der Waals surface area contributed by atoms with Gasteiger partial charge in [-0.3, -0.25) is 14.9 Å². The number of carboxylic acids is 2. The number of nitrogens with one attached hydrogen (secondary N) is 1. The zero-order chi connectivity index (χ0) is 27.4. The second kappa shape index (κ2) is 10.9. The van der Waals surface area contributed by atoms with Crippen molar-refractivity contribution < 1.29 is 24.7 Å². The summed E-state index contributed by atoms with van der Waals surface area (Å²) in [5.74, 6) is -4.70. The van der Waals surface area contributed by atoms with Crippen molar-refractivity contribution in [1.29, 1.82) is 0 Å². The number of nitro groups is 1. The largest absolute Gasteiger partial charge is 0.481 e. The highest BCUT2D eigenvalue weighted by atomic mass is 16.6. The molecule has 0 fully saturated rings. The Morgan fingerprint density at radius 2 is 1.55 bits per heavy atom. The fourth-order valence-corrected chi connectivity index (χ4v) is 5.80. The van der Waals surface area contributed by atoms with Gasteiger partial charge in [-0.2, -0.15) is 0 Å². The zero-order valence-corrected chi connectivity index (χ0v) is 21.2. The number of carbonyl (C=O) groups is 2. The number of hydrogen-bond donors (Lipinski definition) is 3. The second-order valence-electron chi connectivity index (χ2n) is 9.94. The van der Waals surface area contributed by atoms with Gasteiger partial charge in [0, 0.05) is 35.2 Å². The van der Waals surface area contributed by atoms with E-state index in [9.17, 15) is 29.9 Å². The Morgan fingerprint density at radius 3 is 2.05 bits per heavy atom. The zero-order valence-electron chi connectivity index (χ0n) is 21.2. The number of allylic oxidation sites excluding steroid dienone is 1. The van der Waals surface area contributed by atoms with Crippen molar-refractivity contribution in [3.63, 3.8) is 0 Å². The maximum Gasteiger partial charge on any atom is 0.333 e. The second-order valence-corrected chi connectivity index (χ2v) is 9.94. The highest BCUT2D eigenvalue weighted by Gasteiger charge is 2.51. The summed E-state index contributed by atoms with van der Waals surface area (Å²) in [4.78, 5) is 36.1. The summed E-state index contributed by atoms with van der Waals surface area (Å²) < 4.78 is 0. The highest BCUT2D eigenvalue weighted by Crippen LogP contribution is 2.47. The minimum atomic E-state index is -1.26. The smallest absolute Gasteiger partial charge is 0.333 e. The topological polar surface area (TPSA) is 130 Å². The number of nitrogens with zero attached hydrogens (tertiary/aromatic N) is 1. The molecule has 4 rings (SSSR count). The summed E-state index contributed by atoms with van der Waals surface area (Å²) in [7, 11) is 0. The van der Waals surface area contributed by atoms with Crippen LogP contribution in [0.5, 0.6) is 0 Å². The van der Waals surface area contributed by atoms with Crippen molar-refractivity contribution in [2.45, 2.75) is 44.1 Å². The Labute approximate surface area is 220 Å². The van der Waals surface area contributed by atoms with Crippen molar-refractivity contribution >= 4 is 17.6 Å². The van der Waals surface area contributed by atoms with E-state index in [2.05, 4.69) is 5.32 Å². The van der Waals surface area contributed by atoms with Crippen LogP contribution in [0.2, 0.25) is 0 Å². The maximum atomic E-state index is 12.8. The SMILES string of the molecule is CC1=C(C(=O)O)C(c2cccc([N+](=O)[O-])c2)C(C(=O)O)C(C)(CCC(c2ccccc2)c2ccccc2)N1. The molecule has 1 heterocycles. The first-order valence-corrected chi connectivity index (χ1v) is 12.4. The van der Waals surface area contributed by atoms with Gasteiger partial charge in [0.15, 0.2) is 0 Å². The highest BCUT2D eigenvalue weighted by molar-refractivity contribution is 5.92. The minimum Gasteiger partial charge on any atom is -0.481 e. The number of benzene rings is 3. The summed E-state index contributed by atoms with van der Waals surface area (Å²) in [6.07, 6.45) is 1.01. The number of rotatable bonds is 9. The average molecular weight is 515 g/mol. The van der Waals surface area contributed by atoms with Crippen LogP contribution in [0.4, 0.5) is 5.69 Å². The molecule has 3 unspecified atom stereocenters. The lowest BCUT2D eigenvalue weighted by Gasteiger charge is -2.46. The molecule has 3 aromatic carbocycles. The van der Waals surface area contributed by atoms with Gasteiger partial charge in [-0.05, 0) is 43.4 Å². The van der Waals surface area contributed by atoms with E-state index in [1.54, 1.807) is 19.9 Å². The van der Waals surface area contributed by atoms with E-state index in [1.807, 2.05) is 60.7 Å². The van der Waals surface area contributed by atoms with Crippen molar-refractivity contribution in [3.05, 3.63) is 123 Å². The third-order valence-electron chi connectivity index (χ3n) is 7.50. The van der Waals surface area contributed by atoms with E-state index >= 15 is 0 Å².